The predicted molar refractivity (Wildman–Crippen MR) is 41.6 cm³/mol. The molecule has 1 rings (SSSR count). The molecule has 0 aliphatic rings. The van der Waals surface area contributed by atoms with E-state index in [1.165, 1.54) is 0 Å². The van der Waals surface area contributed by atoms with Crippen LogP contribution in [0.15, 0.2) is 18.5 Å². The van der Waals surface area contributed by atoms with Crippen molar-refractivity contribution in [3.05, 3.63) is 18.5 Å². The Kier molecular flexibility index (Phi) is 2.80. The third-order valence-electron chi connectivity index (χ3n) is 1.32. The van der Waals surface area contributed by atoms with E-state index in [0.717, 1.165) is 0 Å². The molecule has 0 saturated carbocycles. The molecule has 0 aromatic carbocycles. The summed E-state index contributed by atoms with van der Waals surface area (Å²) in [4.78, 5) is 0. The third-order valence-corrected chi connectivity index (χ3v) is 1.32. The Morgan fingerprint density at radius 3 is 3.09 bits per heavy atom. The van der Waals surface area contributed by atoms with Gasteiger partial charge in [0.15, 0.2) is 0 Å². The standard InChI is InChI=1S/C7H11N3O/c1-2-7(11)3-5-10-6-4-8-9-10/h3-7,11H,2H2,1H3. The number of hydrogen-bond donors (Lipinski definition) is 1. The molecule has 0 aliphatic heterocycles. The van der Waals surface area contributed by atoms with Gasteiger partial charge in [0, 0.05) is 6.20 Å². The van der Waals surface area contributed by atoms with E-state index in [0.29, 0.717) is 6.42 Å². The van der Waals surface area contributed by atoms with E-state index in [4.69, 9.17) is 5.11 Å². The number of nitrogens with zero attached hydrogens (tertiary/aromatic N) is 3. The van der Waals surface area contributed by atoms with Gasteiger partial charge in [-0.05, 0) is 12.5 Å². The van der Waals surface area contributed by atoms with Gasteiger partial charge in [-0.25, -0.2) is 4.68 Å². The van der Waals surface area contributed by atoms with Crippen LogP contribution in [0.4, 0.5) is 0 Å². The molecule has 1 heterocycles. The molecule has 1 unspecified atom stereocenters. The minimum Gasteiger partial charge on any atom is -0.389 e. The maximum atomic E-state index is 9.11. The lowest BCUT2D eigenvalue weighted by atomic mass is 10.3. The first-order valence-corrected chi connectivity index (χ1v) is 3.55. The number of aliphatic hydroxyl groups is 1. The van der Waals surface area contributed by atoms with Gasteiger partial charge in [0.1, 0.15) is 0 Å². The highest BCUT2D eigenvalue weighted by Gasteiger charge is 1.91. The van der Waals surface area contributed by atoms with E-state index >= 15 is 0 Å². The summed E-state index contributed by atoms with van der Waals surface area (Å²) < 4.78 is 1.54. The Balaban J connectivity index is 2.48. The Hall–Kier alpha value is -1.16. The van der Waals surface area contributed by atoms with Crippen molar-refractivity contribution in [3.8, 4) is 0 Å². The Labute approximate surface area is 65.2 Å². The van der Waals surface area contributed by atoms with Gasteiger partial charge in [0.2, 0.25) is 0 Å². The highest BCUT2D eigenvalue weighted by molar-refractivity contribution is 5.20. The fraction of sp³-hybridized carbons (Fsp3) is 0.429. The van der Waals surface area contributed by atoms with Crippen molar-refractivity contribution in [1.82, 2.24) is 15.0 Å². The van der Waals surface area contributed by atoms with E-state index in [2.05, 4.69) is 10.3 Å². The molecule has 0 radical (unpaired) electrons. The summed E-state index contributed by atoms with van der Waals surface area (Å²) in [5.74, 6) is 0. The molecule has 0 amide bonds. The molecule has 0 saturated heterocycles. The van der Waals surface area contributed by atoms with Crippen molar-refractivity contribution in [1.29, 1.82) is 0 Å². The summed E-state index contributed by atoms with van der Waals surface area (Å²) in [6, 6.07) is 0. The SMILES string of the molecule is CCC(O)C=Cn1ccnn1. The minimum absolute atomic E-state index is 0.390. The number of hydrogen-bond acceptors (Lipinski definition) is 3. The van der Waals surface area contributed by atoms with Gasteiger partial charge in [-0.1, -0.05) is 12.1 Å². The summed E-state index contributed by atoms with van der Waals surface area (Å²) in [6.45, 7) is 1.91. The van der Waals surface area contributed by atoms with Crippen LogP contribution in [-0.4, -0.2) is 26.2 Å². The van der Waals surface area contributed by atoms with Gasteiger partial charge in [-0.15, -0.1) is 5.10 Å². The lowest BCUT2D eigenvalue weighted by Gasteiger charge is -1.97. The van der Waals surface area contributed by atoms with Crippen molar-refractivity contribution < 1.29 is 5.11 Å². The van der Waals surface area contributed by atoms with Gasteiger partial charge >= 0.3 is 0 Å². The van der Waals surface area contributed by atoms with Crippen LogP contribution >= 0.6 is 0 Å². The van der Waals surface area contributed by atoms with Crippen molar-refractivity contribution >= 4 is 6.20 Å². The van der Waals surface area contributed by atoms with Crippen molar-refractivity contribution in [3.63, 3.8) is 0 Å². The summed E-state index contributed by atoms with van der Waals surface area (Å²) in [5, 5.41) is 16.4. The highest BCUT2D eigenvalue weighted by Crippen LogP contribution is 1.92. The monoisotopic (exact) mass is 153 g/mol. The molecule has 4 heteroatoms. The maximum absolute atomic E-state index is 9.11. The Bertz CT molecular complexity index is 218. The first kappa shape index (κ1) is 7.94. The van der Waals surface area contributed by atoms with Crippen LogP contribution in [-0.2, 0) is 0 Å². The van der Waals surface area contributed by atoms with E-state index < -0.39 is 0 Å². The molecular formula is C7H11N3O. The van der Waals surface area contributed by atoms with Crippen LogP contribution in [0.2, 0.25) is 0 Å². The molecule has 1 aromatic rings. The average molecular weight is 153 g/mol. The predicted octanol–water partition coefficient (Wildman–Crippen LogP) is 0.520. The number of rotatable bonds is 3. The van der Waals surface area contributed by atoms with E-state index in [-0.39, 0.29) is 6.10 Å². The second-order valence-electron chi connectivity index (χ2n) is 2.20. The zero-order chi connectivity index (χ0) is 8.10. The minimum atomic E-state index is -0.390. The van der Waals surface area contributed by atoms with E-state index in [1.807, 2.05) is 6.92 Å². The first-order valence-electron chi connectivity index (χ1n) is 3.55. The molecule has 0 spiro atoms. The van der Waals surface area contributed by atoms with Gasteiger partial charge in [0.05, 0.1) is 18.5 Å². The third kappa shape index (κ3) is 2.51. The highest BCUT2D eigenvalue weighted by atomic mass is 16.3. The largest absolute Gasteiger partial charge is 0.389 e. The molecule has 0 bridgehead atoms. The quantitative estimate of drug-likeness (QED) is 0.688. The number of aromatic nitrogens is 3. The molecule has 11 heavy (non-hydrogen) atoms. The number of aliphatic hydroxyl groups excluding tert-OH is 1. The van der Waals surface area contributed by atoms with Crippen LogP contribution in [0.5, 0.6) is 0 Å². The van der Waals surface area contributed by atoms with Gasteiger partial charge in [-0.2, -0.15) is 0 Å². The lowest BCUT2D eigenvalue weighted by molar-refractivity contribution is 0.219. The summed E-state index contributed by atoms with van der Waals surface area (Å²) in [7, 11) is 0. The van der Waals surface area contributed by atoms with Gasteiger partial charge < -0.3 is 5.11 Å². The topological polar surface area (TPSA) is 50.9 Å². The van der Waals surface area contributed by atoms with Crippen molar-refractivity contribution in [2.75, 3.05) is 0 Å². The van der Waals surface area contributed by atoms with Gasteiger partial charge in [-0.3, -0.25) is 0 Å². The fourth-order valence-corrected chi connectivity index (χ4v) is 0.620. The van der Waals surface area contributed by atoms with Crippen LogP contribution in [0.25, 0.3) is 6.20 Å². The van der Waals surface area contributed by atoms with Crippen LogP contribution < -0.4 is 0 Å². The summed E-state index contributed by atoms with van der Waals surface area (Å²) in [6.07, 6.45) is 6.97. The average Bonchev–Trinajstić information content (AvgIpc) is 2.52. The van der Waals surface area contributed by atoms with Crippen LogP contribution in [0, 0.1) is 0 Å². The molecular weight excluding hydrogens is 142 g/mol. The van der Waals surface area contributed by atoms with Crippen molar-refractivity contribution in [2.45, 2.75) is 19.4 Å². The smallest absolute Gasteiger partial charge is 0.0736 e. The molecule has 4 nitrogen and oxygen atoms in total. The summed E-state index contributed by atoms with van der Waals surface area (Å²) >= 11 is 0. The second kappa shape index (κ2) is 3.88. The molecule has 1 N–H and O–H groups in total. The first-order chi connectivity index (χ1) is 5.33. The molecule has 0 fully saturated rings. The Morgan fingerprint density at radius 1 is 1.73 bits per heavy atom. The normalized spacial score (nSPS) is 14.0. The zero-order valence-corrected chi connectivity index (χ0v) is 6.38. The van der Waals surface area contributed by atoms with E-state index in [1.54, 1.807) is 29.4 Å². The molecule has 1 aromatic heterocycles. The summed E-state index contributed by atoms with van der Waals surface area (Å²) in [5.41, 5.74) is 0. The molecule has 0 aliphatic carbocycles. The van der Waals surface area contributed by atoms with Gasteiger partial charge in [0.25, 0.3) is 0 Å². The Morgan fingerprint density at radius 2 is 2.55 bits per heavy atom. The molecule has 1 atom stereocenters. The van der Waals surface area contributed by atoms with Crippen LogP contribution in [0.1, 0.15) is 13.3 Å². The van der Waals surface area contributed by atoms with E-state index in [9.17, 15) is 0 Å². The lowest BCUT2D eigenvalue weighted by Crippen LogP contribution is -1.99. The fourth-order valence-electron chi connectivity index (χ4n) is 0.620. The van der Waals surface area contributed by atoms with Crippen molar-refractivity contribution in [2.24, 2.45) is 0 Å². The van der Waals surface area contributed by atoms with Crippen LogP contribution in [0.3, 0.4) is 0 Å². The zero-order valence-electron chi connectivity index (χ0n) is 6.38. The molecule has 60 valence electrons. The second-order valence-corrected chi connectivity index (χ2v) is 2.20. The maximum Gasteiger partial charge on any atom is 0.0736 e.